The van der Waals surface area contributed by atoms with E-state index in [2.05, 4.69) is 134 Å². The highest BCUT2D eigenvalue weighted by molar-refractivity contribution is 5.97. The van der Waals surface area contributed by atoms with Crippen LogP contribution in [0, 0.1) is 0 Å². The van der Waals surface area contributed by atoms with Crippen LogP contribution in [0.1, 0.15) is 79.0 Å². The number of hydrogen-bond donors (Lipinski definition) is 1. The molecule has 3 heterocycles. The first-order chi connectivity index (χ1) is 23.6. The second-order valence-corrected chi connectivity index (χ2v) is 16.5. The first-order valence-corrected chi connectivity index (χ1v) is 17.4. The van der Waals surface area contributed by atoms with Gasteiger partial charge in [0.2, 0.25) is 0 Å². The molecule has 0 atom stereocenters. The van der Waals surface area contributed by atoms with Gasteiger partial charge in [0.1, 0.15) is 17.1 Å². The van der Waals surface area contributed by atoms with Gasteiger partial charge in [-0.1, -0.05) is 111 Å². The van der Waals surface area contributed by atoms with Crippen molar-refractivity contribution in [3.8, 4) is 45.1 Å². The van der Waals surface area contributed by atoms with Crippen molar-refractivity contribution in [2.75, 3.05) is 0 Å². The summed E-state index contributed by atoms with van der Waals surface area (Å²) in [7, 11) is 0. The molecule has 0 unspecified atom stereocenters. The molecular weight excluding hydrogens is 613 g/mol. The fourth-order valence-corrected chi connectivity index (χ4v) is 6.58. The van der Waals surface area contributed by atoms with Crippen LogP contribution in [0.4, 0.5) is 0 Å². The number of phenols is 1. The molecule has 0 fully saturated rings. The third-order valence-corrected chi connectivity index (χ3v) is 9.68. The summed E-state index contributed by atoms with van der Waals surface area (Å²) in [6.07, 6.45) is 3.83. The van der Waals surface area contributed by atoms with E-state index in [0.717, 1.165) is 61.4 Å². The van der Waals surface area contributed by atoms with E-state index >= 15 is 0 Å². The minimum Gasteiger partial charge on any atom is -0.507 e. The maximum absolute atomic E-state index is 10.9. The summed E-state index contributed by atoms with van der Waals surface area (Å²) in [5.41, 5.74) is 11.8. The smallest absolute Gasteiger partial charge is 0.165 e. The highest BCUT2D eigenvalue weighted by Gasteiger charge is 2.23. The molecule has 0 aliphatic carbocycles. The Labute approximate surface area is 295 Å². The van der Waals surface area contributed by atoms with E-state index in [4.69, 9.17) is 15.0 Å². The van der Waals surface area contributed by atoms with Crippen LogP contribution in [-0.2, 0) is 16.2 Å². The van der Waals surface area contributed by atoms with E-state index < -0.39 is 0 Å². The molecule has 0 aliphatic heterocycles. The van der Waals surface area contributed by atoms with Crippen LogP contribution in [-0.4, -0.2) is 24.6 Å². The fraction of sp³-hybridized carbons (Fsp3) is 0.267. The Morgan fingerprint density at radius 1 is 0.540 bits per heavy atom. The van der Waals surface area contributed by atoms with Gasteiger partial charge in [-0.05, 0) is 87.0 Å². The number of pyridine rings is 2. The number of nitrogens with zero attached hydrogens (tertiary/aromatic N) is 4. The Morgan fingerprint density at radius 3 is 1.88 bits per heavy atom. The molecule has 0 radical (unpaired) electrons. The van der Waals surface area contributed by atoms with Crippen molar-refractivity contribution in [1.82, 2.24) is 19.5 Å². The number of rotatable bonds is 4. The molecular formula is C45H46N4O. The molecule has 50 heavy (non-hydrogen) atoms. The van der Waals surface area contributed by atoms with Crippen molar-refractivity contribution in [2.24, 2.45) is 0 Å². The lowest BCUT2D eigenvalue weighted by Crippen LogP contribution is -2.13. The lowest BCUT2D eigenvalue weighted by atomic mass is 9.82. The fourth-order valence-electron chi connectivity index (χ4n) is 6.58. The highest BCUT2D eigenvalue weighted by Crippen LogP contribution is 2.40. The summed E-state index contributed by atoms with van der Waals surface area (Å²) in [5, 5.41) is 12.0. The number of phenolic OH excluding ortho intramolecular Hbond substituents is 1. The van der Waals surface area contributed by atoms with E-state index in [0.29, 0.717) is 0 Å². The minimum atomic E-state index is -0.0451. The van der Waals surface area contributed by atoms with E-state index in [1.54, 1.807) is 12.3 Å². The van der Waals surface area contributed by atoms with E-state index in [1.807, 2.05) is 30.5 Å². The summed E-state index contributed by atoms with van der Waals surface area (Å²) in [6, 6.07) is 33.5. The molecule has 5 heteroatoms. The zero-order valence-corrected chi connectivity index (χ0v) is 30.6. The van der Waals surface area contributed by atoms with Crippen molar-refractivity contribution < 1.29 is 5.11 Å². The van der Waals surface area contributed by atoms with Gasteiger partial charge in [0.25, 0.3) is 0 Å². The average Bonchev–Trinajstić information content (AvgIpc) is 3.47. The maximum Gasteiger partial charge on any atom is 0.165 e. The van der Waals surface area contributed by atoms with E-state index in [9.17, 15) is 5.11 Å². The number of aromatic hydroxyl groups is 1. The molecule has 4 aromatic carbocycles. The molecule has 3 aromatic heterocycles. The Kier molecular flexibility index (Phi) is 7.93. The Morgan fingerprint density at radius 2 is 1.20 bits per heavy atom. The standard InChI is InChI=1S/C45H46N4O/c1-43(2,3)31-17-19-34(20-18-31)49-41(48-40-36(21-22-46-42(40)49)35-15-10-11-16-38(35)50)29-14-12-13-28(23-29)37-26-32(44(4,5)6)24-30-25-33(45(7,8)9)27-47-39(30)37/h10-27,50H,1-9H3. The molecule has 0 bridgehead atoms. The van der Waals surface area contributed by atoms with Crippen LogP contribution >= 0.6 is 0 Å². The predicted molar refractivity (Wildman–Crippen MR) is 208 cm³/mol. The zero-order chi connectivity index (χ0) is 35.6. The van der Waals surface area contributed by atoms with Crippen molar-refractivity contribution in [3.63, 3.8) is 0 Å². The van der Waals surface area contributed by atoms with Gasteiger partial charge in [-0.15, -0.1) is 0 Å². The molecule has 1 N–H and O–H groups in total. The lowest BCUT2D eigenvalue weighted by Gasteiger charge is -2.23. The van der Waals surface area contributed by atoms with Crippen molar-refractivity contribution in [1.29, 1.82) is 0 Å². The second-order valence-electron chi connectivity index (χ2n) is 16.5. The van der Waals surface area contributed by atoms with Gasteiger partial charge in [-0.2, -0.15) is 0 Å². The number of para-hydroxylation sites is 1. The van der Waals surface area contributed by atoms with Crippen LogP contribution in [0.3, 0.4) is 0 Å². The van der Waals surface area contributed by atoms with E-state index in [-0.39, 0.29) is 22.0 Å². The lowest BCUT2D eigenvalue weighted by molar-refractivity contribution is 0.477. The first kappa shape index (κ1) is 33.2. The average molecular weight is 659 g/mol. The number of fused-ring (bicyclic) bond motifs is 2. The van der Waals surface area contributed by atoms with E-state index in [1.165, 1.54) is 16.7 Å². The number of benzene rings is 4. The van der Waals surface area contributed by atoms with Gasteiger partial charge in [0.15, 0.2) is 5.65 Å². The summed E-state index contributed by atoms with van der Waals surface area (Å²) >= 11 is 0. The number of hydrogen-bond acceptors (Lipinski definition) is 4. The molecule has 0 amide bonds. The largest absolute Gasteiger partial charge is 0.507 e. The third-order valence-electron chi connectivity index (χ3n) is 9.68. The monoisotopic (exact) mass is 658 g/mol. The van der Waals surface area contributed by atoms with Crippen LogP contribution < -0.4 is 0 Å². The molecule has 252 valence electrons. The van der Waals surface area contributed by atoms with Gasteiger partial charge >= 0.3 is 0 Å². The van der Waals surface area contributed by atoms with Crippen molar-refractivity contribution in [2.45, 2.75) is 78.6 Å². The number of aromatic nitrogens is 4. The third kappa shape index (κ3) is 6.06. The van der Waals surface area contributed by atoms with Crippen LogP contribution in [0.5, 0.6) is 5.75 Å². The van der Waals surface area contributed by atoms with Crippen LogP contribution in [0.15, 0.2) is 109 Å². The van der Waals surface area contributed by atoms with Crippen molar-refractivity contribution >= 4 is 22.1 Å². The molecule has 0 saturated heterocycles. The topological polar surface area (TPSA) is 63.8 Å². The SMILES string of the molecule is CC(C)(C)c1ccc(-n2c(-c3cccc(-c4cc(C(C)(C)C)cc5cc(C(C)(C)C)cnc45)c3)nc3c(-c4ccccc4O)ccnc32)cc1. The van der Waals surface area contributed by atoms with Gasteiger partial charge in [0.05, 0.1) is 5.52 Å². The van der Waals surface area contributed by atoms with Gasteiger partial charge in [0, 0.05) is 45.7 Å². The quantitative estimate of drug-likeness (QED) is 0.204. The van der Waals surface area contributed by atoms with Gasteiger partial charge in [-0.25, -0.2) is 9.97 Å². The second kappa shape index (κ2) is 11.9. The van der Waals surface area contributed by atoms with Crippen LogP contribution in [0.2, 0.25) is 0 Å². The molecule has 0 spiro atoms. The van der Waals surface area contributed by atoms with Crippen molar-refractivity contribution in [3.05, 3.63) is 126 Å². The summed E-state index contributed by atoms with van der Waals surface area (Å²) in [5.74, 6) is 0.986. The minimum absolute atomic E-state index is 0.00734. The Balaban J connectivity index is 1.48. The summed E-state index contributed by atoms with van der Waals surface area (Å²) < 4.78 is 2.14. The Bertz CT molecular complexity index is 2370. The zero-order valence-electron chi connectivity index (χ0n) is 30.6. The molecule has 7 aromatic rings. The first-order valence-electron chi connectivity index (χ1n) is 17.4. The Hall–Kier alpha value is -5.29. The predicted octanol–water partition coefficient (Wildman–Crippen LogP) is 11.6. The normalized spacial score (nSPS) is 12.6. The molecule has 0 aliphatic rings. The highest BCUT2D eigenvalue weighted by atomic mass is 16.3. The van der Waals surface area contributed by atoms with Crippen LogP contribution in [0.25, 0.3) is 61.4 Å². The molecule has 7 rings (SSSR count). The maximum atomic E-state index is 10.9. The number of imidazole rings is 1. The summed E-state index contributed by atoms with van der Waals surface area (Å²) in [4.78, 5) is 15.3. The van der Waals surface area contributed by atoms with Gasteiger partial charge < -0.3 is 5.11 Å². The molecule has 5 nitrogen and oxygen atoms in total. The molecule has 0 saturated carbocycles. The van der Waals surface area contributed by atoms with Gasteiger partial charge in [-0.3, -0.25) is 9.55 Å². The summed E-state index contributed by atoms with van der Waals surface area (Å²) in [6.45, 7) is 20.2.